The average Bonchev–Trinajstić information content (AvgIpc) is 2.51. The Morgan fingerprint density at radius 2 is 2.07 bits per heavy atom. The molecule has 0 spiro atoms. The molecule has 1 heterocycles. The lowest BCUT2D eigenvalue weighted by molar-refractivity contribution is 0.111. The van der Waals surface area contributed by atoms with E-state index in [1.165, 1.54) is 0 Å². The van der Waals surface area contributed by atoms with Crippen molar-refractivity contribution < 1.29 is 9.53 Å². The highest BCUT2D eigenvalue weighted by atomic mass is 16.5. The Morgan fingerprint density at radius 1 is 1.36 bits per heavy atom. The van der Waals surface area contributed by atoms with Crippen LogP contribution in [0.4, 0.5) is 0 Å². The lowest BCUT2D eigenvalue weighted by Gasteiger charge is -1.97. The first-order valence-electron chi connectivity index (χ1n) is 4.36. The Kier molecular flexibility index (Phi) is 2.00. The molecule has 72 valence electrons. The number of fused-ring (bicyclic) bond motifs is 1. The zero-order valence-corrected chi connectivity index (χ0v) is 8.15. The Morgan fingerprint density at radius 3 is 2.71 bits per heavy atom. The fourth-order valence-electron chi connectivity index (χ4n) is 1.73. The maximum absolute atomic E-state index is 10.9. The van der Waals surface area contributed by atoms with Gasteiger partial charge in [-0.25, -0.2) is 0 Å². The second-order valence-corrected chi connectivity index (χ2v) is 3.11. The van der Waals surface area contributed by atoms with Gasteiger partial charge in [0.15, 0.2) is 12.0 Å². The lowest BCUT2D eigenvalue weighted by atomic mass is 10.2. The highest BCUT2D eigenvalue weighted by Gasteiger charge is 2.13. The van der Waals surface area contributed by atoms with Gasteiger partial charge in [-0.1, -0.05) is 12.1 Å². The van der Waals surface area contributed by atoms with E-state index in [4.69, 9.17) is 4.74 Å². The van der Waals surface area contributed by atoms with Crippen molar-refractivity contribution in [2.24, 2.45) is 7.05 Å². The number of ether oxygens (including phenoxy) is 1. The fraction of sp³-hybridized carbons (Fsp3) is 0.182. The van der Waals surface area contributed by atoms with Gasteiger partial charge in [-0.15, -0.1) is 0 Å². The first-order chi connectivity index (χ1) is 6.79. The number of rotatable bonds is 2. The van der Waals surface area contributed by atoms with Crippen LogP contribution in [-0.2, 0) is 7.05 Å². The van der Waals surface area contributed by atoms with Gasteiger partial charge < -0.3 is 9.30 Å². The summed E-state index contributed by atoms with van der Waals surface area (Å²) in [5.41, 5.74) is 1.58. The number of aromatic nitrogens is 1. The Hall–Kier alpha value is -1.77. The van der Waals surface area contributed by atoms with Gasteiger partial charge in [0.2, 0.25) is 0 Å². The van der Waals surface area contributed by atoms with Crippen molar-refractivity contribution in [3.63, 3.8) is 0 Å². The molecule has 0 amide bonds. The van der Waals surface area contributed by atoms with E-state index in [0.717, 1.165) is 17.2 Å². The second kappa shape index (κ2) is 3.18. The van der Waals surface area contributed by atoms with Crippen LogP contribution < -0.4 is 4.74 Å². The van der Waals surface area contributed by atoms with Crippen LogP contribution in [-0.4, -0.2) is 18.0 Å². The minimum atomic E-state index is 0.578. The van der Waals surface area contributed by atoms with Crippen LogP contribution in [0.2, 0.25) is 0 Å². The van der Waals surface area contributed by atoms with Crippen molar-refractivity contribution in [1.29, 1.82) is 0 Å². The molecule has 0 fully saturated rings. The summed E-state index contributed by atoms with van der Waals surface area (Å²) < 4.78 is 7.05. The van der Waals surface area contributed by atoms with Crippen molar-refractivity contribution >= 4 is 17.2 Å². The molecule has 14 heavy (non-hydrogen) atoms. The van der Waals surface area contributed by atoms with Crippen molar-refractivity contribution in [3.8, 4) is 5.75 Å². The Bertz CT molecular complexity index is 485. The lowest BCUT2D eigenvalue weighted by Crippen LogP contribution is -1.95. The smallest absolute Gasteiger partial charge is 0.170 e. The van der Waals surface area contributed by atoms with Gasteiger partial charge in [-0.3, -0.25) is 4.79 Å². The number of methoxy groups -OCH3 is 1. The van der Waals surface area contributed by atoms with Crippen molar-refractivity contribution in [2.75, 3.05) is 7.11 Å². The third-order valence-electron chi connectivity index (χ3n) is 2.42. The van der Waals surface area contributed by atoms with E-state index in [1.807, 2.05) is 35.9 Å². The molecule has 1 aromatic heterocycles. The Balaban J connectivity index is 2.91. The number of hydrogen-bond donors (Lipinski definition) is 0. The zero-order chi connectivity index (χ0) is 10.1. The number of benzene rings is 1. The number of aryl methyl sites for hydroxylation is 1. The summed E-state index contributed by atoms with van der Waals surface area (Å²) in [6.07, 6.45) is 0.818. The number of nitrogens with zero attached hydrogens (tertiary/aromatic N) is 1. The van der Waals surface area contributed by atoms with Crippen LogP contribution in [0.5, 0.6) is 5.75 Å². The summed E-state index contributed by atoms with van der Waals surface area (Å²) in [6, 6.07) is 7.78. The van der Waals surface area contributed by atoms with E-state index in [0.29, 0.717) is 11.4 Å². The van der Waals surface area contributed by atoms with Crippen LogP contribution in [0.15, 0.2) is 24.3 Å². The molecule has 2 rings (SSSR count). The number of aldehydes is 1. The van der Waals surface area contributed by atoms with Gasteiger partial charge >= 0.3 is 0 Å². The first kappa shape index (κ1) is 8.81. The Labute approximate surface area is 81.9 Å². The van der Waals surface area contributed by atoms with Gasteiger partial charge in [0.1, 0.15) is 5.69 Å². The minimum Gasteiger partial charge on any atom is -0.494 e. The van der Waals surface area contributed by atoms with Crippen LogP contribution in [0, 0.1) is 0 Å². The first-order valence-corrected chi connectivity index (χ1v) is 4.36. The quantitative estimate of drug-likeness (QED) is 0.676. The molecule has 0 unspecified atom stereocenters. The van der Waals surface area contributed by atoms with Crippen molar-refractivity contribution in [2.45, 2.75) is 0 Å². The second-order valence-electron chi connectivity index (χ2n) is 3.11. The van der Waals surface area contributed by atoms with E-state index in [9.17, 15) is 4.79 Å². The van der Waals surface area contributed by atoms with Gasteiger partial charge in [-0.2, -0.15) is 0 Å². The maximum atomic E-state index is 10.9. The molecule has 3 nitrogen and oxygen atoms in total. The van der Waals surface area contributed by atoms with Gasteiger partial charge in [0, 0.05) is 12.4 Å². The highest BCUT2D eigenvalue weighted by molar-refractivity contribution is 5.96. The molecule has 0 N–H and O–H groups in total. The van der Waals surface area contributed by atoms with E-state index < -0.39 is 0 Å². The third kappa shape index (κ3) is 1.02. The molecule has 0 aliphatic heterocycles. The monoisotopic (exact) mass is 189 g/mol. The predicted molar refractivity (Wildman–Crippen MR) is 54.9 cm³/mol. The maximum Gasteiger partial charge on any atom is 0.170 e. The topological polar surface area (TPSA) is 31.2 Å². The number of carbonyl (C=O) groups excluding carboxylic acids is 1. The summed E-state index contributed by atoms with van der Waals surface area (Å²) in [7, 11) is 3.43. The van der Waals surface area contributed by atoms with E-state index in [1.54, 1.807) is 7.11 Å². The predicted octanol–water partition coefficient (Wildman–Crippen LogP) is 2.00. The molecule has 0 bridgehead atoms. The fourth-order valence-corrected chi connectivity index (χ4v) is 1.73. The van der Waals surface area contributed by atoms with Crippen LogP contribution >= 0.6 is 0 Å². The zero-order valence-electron chi connectivity index (χ0n) is 8.15. The van der Waals surface area contributed by atoms with Crippen LogP contribution in [0.3, 0.4) is 0 Å². The van der Waals surface area contributed by atoms with E-state index in [2.05, 4.69) is 0 Å². The summed E-state index contributed by atoms with van der Waals surface area (Å²) in [6.45, 7) is 0. The molecule has 0 saturated carbocycles. The molecule has 0 atom stereocenters. The summed E-state index contributed by atoms with van der Waals surface area (Å²) in [4.78, 5) is 10.9. The van der Waals surface area contributed by atoms with Gasteiger partial charge in [0.25, 0.3) is 0 Å². The van der Waals surface area contributed by atoms with Gasteiger partial charge in [-0.05, 0) is 12.1 Å². The molecule has 1 aromatic carbocycles. The minimum absolute atomic E-state index is 0.578. The van der Waals surface area contributed by atoms with Crippen LogP contribution in [0.25, 0.3) is 10.9 Å². The largest absolute Gasteiger partial charge is 0.494 e. The summed E-state index contributed by atoms with van der Waals surface area (Å²) in [5.74, 6) is 0.651. The van der Waals surface area contributed by atoms with E-state index >= 15 is 0 Å². The summed E-state index contributed by atoms with van der Waals surface area (Å²) in [5, 5.41) is 0.972. The molecule has 0 radical (unpaired) electrons. The number of hydrogen-bond acceptors (Lipinski definition) is 2. The number of para-hydroxylation sites is 1. The van der Waals surface area contributed by atoms with Gasteiger partial charge in [0.05, 0.1) is 12.6 Å². The molecule has 3 heteroatoms. The molecule has 2 aromatic rings. The molecule has 0 saturated heterocycles. The third-order valence-corrected chi connectivity index (χ3v) is 2.42. The van der Waals surface area contributed by atoms with Crippen LogP contribution in [0.1, 0.15) is 10.5 Å². The van der Waals surface area contributed by atoms with Crippen molar-refractivity contribution in [3.05, 3.63) is 30.0 Å². The standard InChI is InChI=1S/C11H11NO2/c1-12-9-6-4-3-5-8(9)11(14-2)10(12)7-13/h3-7H,1-2H3. The van der Waals surface area contributed by atoms with Crippen molar-refractivity contribution in [1.82, 2.24) is 4.57 Å². The average molecular weight is 189 g/mol. The molecular formula is C11H11NO2. The summed E-state index contributed by atoms with van der Waals surface area (Å²) >= 11 is 0. The SMILES string of the molecule is COc1c(C=O)n(C)c2ccccc12. The normalized spacial score (nSPS) is 10.4. The molecule has 0 aliphatic rings. The molecular weight excluding hydrogens is 178 g/mol. The number of carbonyl (C=O) groups is 1. The van der Waals surface area contributed by atoms with E-state index in [-0.39, 0.29) is 0 Å². The molecule has 0 aliphatic carbocycles. The highest BCUT2D eigenvalue weighted by Crippen LogP contribution is 2.30.